The Morgan fingerprint density at radius 2 is 2.14 bits per heavy atom. The van der Waals surface area contributed by atoms with E-state index in [0.29, 0.717) is 18.0 Å². The highest BCUT2D eigenvalue weighted by Gasteiger charge is 2.37. The minimum Gasteiger partial charge on any atom is -0.327 e. The lowest BCUT2D eigenvalue weighted by atomic mass is 9.68. The van der Waals surface area contributed by atoms with Crippen LogP contribution < -0.4 is 5.73 Å². The van der Waals surface area contributed by atoms with Crippen LogP contribution in [0, 0.1) is 11.3 Å². The molecule has 0 bridgehead atoms. The topological polar surface area (TPSA) is 29.3 Å². The smallest absolute Gasteiger partial charge is 0.0409 e. The molecule has 1 saturated carbocycles. The first kappa shape index (κ1) is 16.8. The fraction of sp³-hybridized carbons (Fsp3) is 0.667. The molecule has 2 nitrogen and oxygen atoms in total. The molecule has 3 heteroatoms. The van der Waals surface area contributed by atoms with Crippen LogP contribution in [-0.2, 0) is 0 Å². The Balaban J connectivity index is 2.02. The second-order valence-electron chi connectivity index (χ2n) is 7.34. The van der Waals surface area contributed by atoms with Gasteiger partial charge in [0.1, 0.15) is 0 Å². The van der Waals surface area contributed by atoms with Crippen LogP contribution in [0.15, 0.2) is 24.3 Å². The highest BCUT2D eigenvalue weighted by atomic mass is 35.5. The van der Waals surface area contributed by atoms with Crippen LogP contribution in [-0.4, -0.2) is 24.5 Å². The average Bonchev–Trinajstić information content (AvgIpc) is 2.43. The van der Waals surface area contributed by atoms with E-state index in [9.17, 15) is 0 Å². The average molecular weight is 309 g/mol. The van der Waals surface area contributed by atoms with Crippen LogP contribution in [0.3, 0.4) is 0 Å². The van der Waals surface area contributed by atoms with Crippen molar-refractivity contribution in [2.75, 3.05) is 13.6 Å². The van der Waals surface area contributed by atoms with Crippen LogP contribution in [0.5, 0.6) is 0 Å². The summed E-state index contributed by atoms with van der Waals surface area (Å²) in [5.74, 6) is 0.584. The van der Waals surface area contributed by atoms with Crippen molar-refractivity contribution in [1.82, 2.24) is 4.90 Å². The van der Waals surface area contributed by atoms with Gasteiger partial charge in [-0.3, -0.25) is 4.90 Å². The van der Waals surface area contributed by atoms with E-state index in [1.807, 2.05) is 12.1 Å². The molecule has 0 aliphatic heterocycles. The molecule has 1 fully saturated rings. The molecular formula is C18H29ClN2. The third kappa shape index (κ3) is 4.00. The second kappa shape index (κ2) is 6.68. The third-order valence-corrected chi connectivity index (χ3v) is 5.56. The van der Waals surface area contributed by atoms with E-state index in [2.05, 4.69) is 44.9 Å². The minimum absolute atomic E-state index is 0.267. The van der Waals surface area contributed by atoms with Gasteiger partial charge in [0.2, 0.25) is 0 Å². The summed E-state index contributed by atoms with van der Waals surface area (Å²) in [4.78, 5) is 2.41. The van der Waals surface area contributed by atoms with Gasteiger partial charge in [-0.05, 0) is 55.8 Å². The van der Waals surface area contributed by atoms with Gasteiger partial charge in [0.15, 0.2) is 0 Å². The molecule has 2 rings (SSSR count). The molecule has 0 spiro atoms. The number of hydrogen-bond acceptors (Lipinski definition) is 2. The highest BCUT2D eigenvalue weighted by Crippen LogP contribution is 2.38. The molecular weight excluding hydrogens is 280 g/mol. The predicted octanol–water partition coefficient (Wildman–Crippen LogP) is 4.49. The number of nitrogens with two attached hydrogens (primary N) is 1. The van der Waals surface area contributed by atoms with Crippen molar-refractivity contribution in [2.45, 2.75) is 52.1 Å². The lowest BCUT2D eigenvalue weighted by molar-refractivity contribution is 0.0989. The molecule has 3 atom stereocenters. The van der Waals surface area contributed by atoms with Crippen LogP contribution in [0.1, 0.15) is 51.6 Å². The van der Waals surface area contributed by atoms with Crippen molar-refractivity contribution >= 4 is 11.6 Å². The molecule has 0 radical (unpaired) electrons. The molecule has 1 aromatic carbocycles. The van der Waals surface area contributed by atoms with Crippen LogP contribution in [0.4, 0.5) is 0 Å². The standard InChI is InChI=1S/C18H29ClN2/c1-13(14-7-5-9-16(19)11-14)21(4)12-15-8-6-10-18(2,3)17(15)20/h5,7,9,11,13,15,17H,6,8,10,12,20H2,1-4H3. The Bertz CT molecular complexity index is 472. The first-order chi connectivity index (χ1) is 9.81. The number of halogens is 1. The van der Waals surface area contributed by atoms with Gasteiger partial charge in [-0.25, -0.2) is 0 Å². The number of rotatable bonds is 4. The van der Waals surface area contributed by atoms with Gasteiger partial charge in [-0.1, -0.05) is 44.0 Å². The summed E-state index contributed by atoms with van der Waals surface area (Å²) in [6.45, 7) is 7.91. The Morgan fingerprint density at radius 3 is 2.81 bits per heavy atom. The fourth-order valence-electron chi connectivity index (χ4n) is 3.56. The lowest BCUT2D eigenvalue weighted by Gasteiger charge is -2.44. The third-order valence-electron chi connectivity index (χ3n) is 5.32. The Labute approximate surface area is 134 Å². The zero-order valence-corrected chi connectivity index (χ0v) is 14.5. The number of hydrogen-bond donors (Lipinski definition) is 1. The van der Waals surface area contributed by atoms with Crippen molar-refractivity contribution in [2.24, 2.45) is 17.1 Å². The SMILES string of the molecule is CC(c1cccc(Cl)c1)N(C)CC1CCCC(C)(C)C1N. The summed E-state index contributed by atoms with van der Waals surface area (Å²) in [6, 6.07) is 8.82. The van der Waals surface area contributed by atoms with Gasteiger partial charge < -0.3 is 5.73 Å². The molecule has 21 heavy (non-hydrogen) atoms. The molecule has 1 aromatic rings. The fourth-order valence-corrected chi connectivity index (χ4v) is 3.76. The second-order valence-corrected chi connectivity index (χ2v) is 7.77. The maximum Gasteiger partial charge on any atom is 0.0409 e. The largest absolute Gasteiger partial charge is 0.327 e. The maximum atomic E-state index is 6.52. The van der Waals surface area contributed by atoms with E-state index in [4.69, 9.17) is 17.3 Å². The van der Waals surface area contributed by atoms with Gasteiger partial charge in [0.05, 0.1) is 0 Å². The van der Waals surface area contributed by atoms with E-state index in [1.54, 1.807) is 0 Å². The van der Waals surface area contributed by atoms with E-state index in [-0.39, 0.29) is 5.41 Å². The zero-order chi connectivity index (χ0) is 15.6. The summed E-state index contributed by atoms with van der Waals surface area (Å²) in [5, 5.41) is 0.809. The molecule has 1 aliphatic rings. The van der Waals surface area contributed by atoms with Crippen LogP contribution in [0.25, 0.3) is 0 Å². The van der Waals surface area contributed by atoms with Crippen molar-refractivity contribution in [1.29, 1.82) is 0 Å². The summed E-state index contributed by atoms with van der Waals surface area (Å²) in [7, 11) is 2.19. The van der Waals surface area contributed by atoms with Crippen LogP contribution >= 0.6 is 11.6 Å². The highest BCUT2D eigenvalue weighted by molar-refractivity contribution is 6.30. The molecule has 0 heterocycles. The molecule has 0 amide bonds. The van der Waals surface area contributed by atoms with Crippen molar-refractivity contribution in [3.05, 3.63) is 34.9 Å². The van der Waals surface area contributed by atoms with Crippen molar-refractivity contribution in [3.63, 3.8) is 0 Å². The Hall–Kier alpha value is -0.570. The molecule has 1 aliphatic carbocycles. The summed E-state index contributed by atoms with van der Waals surface area (Å²) < 4.78 is 0. The van der Waals surface area contributed by atoms with E-state index >= 15 is 0 Å². The zero-order valence-electron chi connectivity index (χ0n) is 13.8. The first-order valence-corrected chi connectivity index (χ1v) is 8.40. The van der Waals surface area contributed by atoms with Gasteiger partial charge in [-0.2, -0.15) is 0 Å². The number of nitrogens with zero attached hydrogens (tertiary/aromatic N) is 1. The molecule has 2 N–H and O–H groups in total. The van der Waals surface area contributed by atoms with Gasteiger partial charge in [-0.15, -0.1) is 0 Å². The summed E-state index contributed by atoms with van der Waals surface area (Å²) in [6.07, 6.45) is 3.79. The molecule has 0 aromatic heterocycles. The van der Waals surface area contributed by atoms with Gasteiger partial charge >= 0.3 is 0 Å². The lowest BCUT2D eigenvalue weighted by Crippen LogP contribution is -2.50. The van der Waals surface area contributed by atoms with Crippen molar-refractivity contribution < 1.29 is 0 Å². The maximum absolute atomic E-state index is 6.52. The van der Waals surface area contributed by atoms with E-state index in [1.165, 1.54) is 24.8 Å². The van der Waals surface area contributed by atoms with Crippen LogP contribution in [0.2, 0.25) is 5.02 Å². The quantitative estimate of drug-likeness (QED) is 0.888. The summed E-state index contributed by atoms with van der Waals surface area (Å²) >= 11 is 6.11. The predicted molar refractivity (Wildman–Crippen MR) is 91.6 cm³/mol. The first-order valence-electron chi connectivity index (χ1n) is 8.02. The normalized spacial score (nSPS) is 26.8. The van der Waals surface area contributed by atoms with E-state index in [0.717, 1.165) is 11.6 Å². The van der Waals surface area contributed by atoms with Crippen molar-refractivity contribution in [3.8, 4) is 0 Å². The van der Waals surface area contributed by atoms with Gasteiger partial charge in [0.25, 0.3) is 0 Å². The Kier molecular flexibility index (Phi) is 5.34. The molecule has 118 valence electrons. The monoisotopic (exact) mass is 308 g/mol. The Morgan fingerprint density at radius 1 is 1.43 bits per heavy atom. The minimum atomic E-state index is 0.267. The van der Waals surface area contributed by atoms with E-state index < -0.39 is 0 Å². The molecule has 3 unspecified atom stereocenters. The molecule has 0 saturated heterocycles. The summed E-state index contributed by atoms with van der Waals surface area (Å²) in [5.41, 5.74) is 8.06. The van der Waals surface area contributed by atoms with Gasteiger partial charge in [0, 0.05) is 23.7 Å². The number of benzene rings is 1.